The van der Waals surface area contributed by atoms with Crippen LogP contribution in [0, 0.1) is 0 Å². The van der Waals surface area contributed by atoms with Gasteiger partial charge in [0.25, 0.3) is 0 Å². The molecule has 0 saturated carbocycles. The van der Waals surface area contributed by atoms with Crippen LogP contribution in [0.2, 0.25) is 5.02 Å². The molecule has 0 amide bonds. The average molecular weight is 349 g/mol. The maximum absolute atomic E-state index is 11.9. The van der Waals surface area contributed by atoms with Gasteiger partial charge in [0.1, 0.15) is 4.90 Å². The fourth-order valence-electron chi connectivity index (χ4n) is 1.30. The van der Waals surface area contributed by atoms with Crippen molar-refractivity contribution in [2.75, 3.05) is 12.3 Å². The predicted octanol–water partition coefficient (Wildman–Crippen LogP) is 2.33. The molecule has 0 aliphatic carbocycles. The Bertz CT molecular complexity index is 564. The third kappa shape index (κ3) is 5.49. The quantitative estimate of drug-likeness (QED) is 0.774. The number of alkyl halides is 3. The van der Waals surface area contributed by atoms with Crippen molar-refractivity contribution >= 4 is 33.4 Å². The van der Waals surface area contributed by atoms with Crippen molar-refractivity contribution in [3.63, 3.8) is 0 Å². The van der Waals surface area contributed by atoms with E-state index in [0.717, 1.165) is 0 Å². The van der Waals surface area contributed by atoms with E-state index in [0.29, 0.717) is 5.56 Å². The predicted molar refractivity (Wildman–Crippen MR) is 73.0 cm³/mol. The minimum Gasteiger partial charge on any atom is -0.326 e. The van der Waals surface area contributed by atoms with Gasteiger partial charge in [-0.25, -0.2) is 13.1 Å². The molecule has 1 aromatic rings. The summed E-state index contributed by atoms with van der Waals surface area (Å²) in [6.45, 7) is -0.223. The van der Waals surface area contributed by atoms with Crippen molar-refractivity contribution in [1.29, 1.82) is 0 Å². The van der Waals surface area contributed by atoms with Crippen LogP contribution in [0.1, 0.15) is 5.56 Å². The topological polar surface area (TPSA) is 72.2 Å². The molecule has 20 heavy (non-hydrogen) atoms. The summed E-state index contributed by atoms with van der Waals surface area (Å²) >= 11 is 5.48. The third-order valence-corrected chi connectivity index (χ3v) is 4.86. The molecule has 10 heteroatoms. The summed E-state index contributed by atoms with van der Waals surface area (Å²) in [6.07, 6.45) is 0. The Morgan fingerprint density at radius 1 is 1.35 bits per heavy atom. The molecular weight excluding hydrogens is 337 g/mol. The molecular formula is C10H12ClF3N2O2S2. The van der Waals surface area contributed by atoms with Gasteiger partial charge >= 0.3 is 5.51 Å². The van der Waals surface area contributed by atoms with E-state index in [1.807, 2.05) is 0 Å². The van der Waals surface area contributed by atoms with E-state index >= 15 is 0 Å². The number of hydrogen-bond acceptors (Lipinski definition) is 4. The highest BCUT2D eigenvalue weighted by Gasteiger charge is 2.28. The number of sulfonamides is 1. The monoisotopic (exact) mass is 348 g/mol. The SMILES string of the molecule is NCc1ccc(Cl)c(S(=O)(=O)NCCSC(F)(F)F)c1. The highest BCUT2D eigenvalue weighted by Crippen LogP contribution is 2.29. The summed E-state index contributed by atoms with van der Waals surface area (Å²) in [6, 6.07) is 4.24. The van der Waals surface area contributed by atoms with Gasteiger partial charge in [0.05, 0.1) is 5.02 Å². The van der Waals surface area contributed by atoms with Gasteiger partial charge in [0, 0.05) is 18.8 Å². The first-order valence-electron chi connectivity index (χ1n) is 5.34. The minimum atomic E-state index is -4.39. The van der Waals surface area contributed by atoms with Gasteiger partial charge in [0.2, 0.25) is 10.0 Å². The summed E-state index contributed by atoms with van der Waals surface area (Å²) in [4.78, 5) is -0.195. The molecule has 0 atom stereocenters. The first-order valence-corrected chi connectivity index (χ1v) is 8.19. The van der Waals surface area contributed by atoms with Crippen LogP contribution >= 0.6 is 23.4 Å². The largest absolute Gasteiger partial charge is 0.441 e. The van der Waals surface area contributed by atoms with Crippen LogP contribution in [-0.2, 0) is 16.6 Å². The maximum atomic E-state index is 11.9. The second kappa shape index (κ2) is 6.99. The zero-order valence-electron chi connectivity index (χ0n) is 10.1. The fraction of sp³-hybridized carbons (Fsp3) is 0.400. The van der Waals surface area contributed by atoms with Crippen molar-refractivity contribution in [2.45, 2.75) is 16.9 Å². The van der Waals surface area contributed by atoms with Crippen LogP contribution in [0.5, 0.6) is 0 Å². The Balaban J connectivity index is 2.74. The van der Waals surface area contributed by atoms with Crippen LogP contribution in [0.4, 0.5) is 13.2 Å². The van der Waals surface area contributed by atoms with Crippen LogP contribution in [0.3, 0.4) is 0 Å². The molecule has 0 aromatic heterocycles. The average Bonchev–Trinajstić information content (AvgIpc) is 2.34. The van der Waals surface area contributed by atoms with E-state index in [-0.39, 0.29) is 34.8 Å². The van der Waals surface area contributed by atoms with Crippen molar-refractivity contribution in [2.24, 2.45) is 5.73 Å². The van der Waals surface area contributed by atoms with Crippen molar-refractivity contribution < 1.29 is 21.6 Å². The smallest absolute Gasteiger partial charge is 0.326 e. The van der Waals surface area contributed by atoms with Gasteiger partial charge < -0.3 is 5.73 Å². The lowest BCUT2D eigenvalue weighted by Crippen LogP contribution is -2.27. The van der Waals surface area contributed by atoms with E-state index < -0.39 is 21.3 Å². The lowest BCUT2D eigenvalue weighted by molar-refractivity contribution is -0.0327. The zero-order valence-corrected chi connectivity index (χ0v) is 12.5. The molecule has 114 valence electrons. The Morgan fingerprint density at radius 3 is 2.55 bits per heavy atom. The standard InChI is InChI=1S/C10H12ClF3N2O2S2/c11-8-2-1-7(6-15)5-9(8)20(17,18)16-3-4-19-10(12,13)14/h1-2,5,16H,3-4,6,15H2. The summed E-state index contributed by atoms with van der Waals surface area (Å²) in [7, 11) is -3.96. The van der Waals surface area contributed by atoms with Crippen LogP contribution in [-0.4, -0.2) is 26.2 Å². The number of thioether (sulfide) groups is 1. The van der Waals surface area contributed by atoms with Crippen molar-refractivity contribution in [3.8, 4) is 0 Å². The van der Waals surface area contributed by atoms with Crippen molar-refractivity contribution in [1.82, 2.24) is 4.72 Å². The summed E-state index contributed by atoms with van der Waals surface area (Å²) in [5.41, 5.74) is 1.56. The van der Waals surface area contributed by atoms with E-state index in [4.69, 9.17) is 17.3 Å². The lowest BCUT2D eigenvalue weighted by Gasteiger charge is -2.10. The number of nitrogens with one attached hydrogen (secondary N) is 1. The van der Waals surface area contributed by atoms with Gasteiger partial charge in [-0.1, -0.05) is 17.7 Å². The summed E-state index contributed by atoms with van der Waals surface area (Å²) in [5, 5.41) is -0.0156. The molecule has 4 nitrogen and oxygen atoms in total. The van der Waals surface area contributed by atoms with E-state index in [1.165, 1.54) is 12.1 Å². The van der Waals surface area contributed by atoms with Crippen LogP contribution < -0.4 is 10.5 Å². The second-order valence-corrected chi connectivity index (χ2v) is 6.96. The molecule has 0 unspecified atom stereocenters. The minimum absolute atomic E-state index is 0.0156. The number of halogens is 4. The van der Waals surface area contributed by atoms with Crippen LogP contribution in [0.25, 0.3) is 0 Å². The molecule has 0 radical (unpaired) electrons. The van der Waals surface area contributed by atoms with Gasteiger partial charge in [-0.05, 0) is 29.5 Å². The first kappa shape index (κ1) is 17.6. The number of nitrogens with two attached hydrogens (primary N) is 1. The summed E-state index contributed by atoms with van der Waals surface area (Å²) < 4.78 is 61.6. The Hall–Kier alpha value is -0.480. The number of hydrogen-bond donors (Lipinski definition) is 2. The molecule has 0 heterocycles. The molecule has 0 bridgehead atoms. The van der Waals surface area contributed by atoms with Gasteiger partial charge in [0.15, 0.2) is 0 Å². The van der Waals surface area contributed by atoms with E-state index in [9.17, 15) is 21.6 Å². The van der Waals surface area contributed by atoms with E-state index in [1.54, 1.807) is 6.07 Å². The molecule has 0 spiro atoms. The molecule has 3 N–H and O–H groups in total. The molecule has 0 saturated heterocycles. The maximum Gasteiger partial charge on any atom is 0.441 e. The fourth-order valence-corrected chi connectivity index (χ4v) is 3.45. The van der Waals surface area contributed by atoms with Gasteiger partial charge in [-0.3, -0.25) is 0 Å². The Morgan fingerprint density at radius 2 is 2.00 bits per heavy atom. The summed E-state index contributed by atoms with van der Waals surface area (Å²) in [5.74, 6) is -0.420. The van der Waals surface area contributed by atoms with Gasteiger partial charge in [-0.15, -0.1) is 0 Å². The highest BCUT2D eigenvalue weighted by atomic mass is 35.5. The van der Waals surface area contributed by atoms with E-state index in [2.05, 4.69) is 4.72 Å². The van der Waals surface area contributed by atoms with Gasteiger partial charge in [-0.2, -0.15) is 13.2 Å². The third-order valence-electron chi connectivity index (χ3n) is 2.18. The number of benzene rings is 1. The normalized spacial score (nSPS) is 12.7. The number of rotatable bonds is 6. The molecule has 1 aromatic carbocycles. The highest BCUT2D eigenvalue weighted by molar-refractivity contribution is 8.00. The molecule has 0 aliphatic rings. The second-order valence-electron chi connectivity index (χ2n) is 3.66. The zero-order chi connectivity index (χ0) is 15.4. The Labute approximate surface area is 123 Å². The van der Waals surface area contributed by atoms with Crippen molar-refractivity contribution in [3.05, 3.63) is 28.8 Å². The first-order chi connectivity index (χ1) is 9.15. The molecule has 0 aliphatic heterocycles. The van der Waals surface area contributed by atoms with Crippen LogP contribution in [0.15, 0.2) is 23.1 Å². The molecule has 0 fully saturated rings. The lowest BCUT2D eigenvalue weighted by atomic mass is 10.2. The molecule has 1 rings (SSSR count). The Kier molecular flexibility index (Phi) is 6.14.